The third kappa shape index (κ3) is 5.54. The maximum Gasteiger partial charge on any atom is 0.411 e. The fraction of sp³-hybridized carbons (Fsp3) is 0.462. The smallest absolute Gasteiger partial charge is 0.411 e. The Balaban J connectivity index is 2.40. The van der Waals surface area contributed by atoms with E-state index in [2.05, 4.69) is 10.2 Å². The van der Waals surface area contributed by atoms with E-state index < -0.39 is 6.09 Å². The molecule has 1 rings (SSSR count). The zero-order chi connectivity index (χ0) is 13.4. The Morgan fingerprint density at radius 2 is 1.94 bits per heavy atom. The predicted molar refractivity (Wildman–Crippen MR) is 71.1 cm³/mol. The quantitative estimate of drug-likeness (QED) is 0.843. The summed E-state index contributed by atoms with van der Waals surface area (Å²) in [7, 11) is 3.99. The lowest BCUT2D eigenvalue weighted by molar-refractivity contribution is 0.168. The molecule has 0 aliphatic rings. The first-order valence-corrected chi connectivity index (χ1v) is 5.93. The number of amides is 1. The number of carbonyl (C=O) groups is 1. The van der Waals surface area contributed by atoms with Crippen LogP contribution in [0.5, 0.6) is 5.75 Å². The summed E-state index contributed by atoms with van der Waals surface area (Å²) in [6.07, 6.45) is -0.446. The maximum absolute atomic E-state index is 11.2. The number of hydrogen-bond donors (Lipinski definition) is 1. The number of carbonyl (C=O) groups excluding carboxylic acids is 1. The van der Waals surface area contributed by atoms with Crippen molar-refractivity contribution in [3.8, 4) is 5.75 Å². The molecule has 0 heterocycles. The van der Waals surface area contributed by atoms with E-state index in [1.54, 1.807) is 19.1 Å². The van der Waals surface area contributed by atoms with Crippen molar-refractivity contribution in [3.05, 3.63) is 24.3 Å². The average molecular weight is 252 g/mol. The zero-order valence-corrected chi connectivity index (χ0v) is 11.1. The van der Waals surface area contributed by atoms with Crippen molar-refractivity contribution in [2.45, 2.75) is 6.92 Å². The SMILES string of the molecule is CCOC(=O)Nc1ccc(OCCN(C)C)cc1. The van der Waals surface area contributed by atoms with Crippen LogP contribution in [0.2, 0.25) is 0 Å². The summed E-state index contributed by atoms with van der Waals surface area (Å²) < 4.78 is 10.3. The van der Waals surface area contributed by atoms with Gasteiger partial charge in [-0.15, -0.1) is 0 Å². The number of rotatable bonds is 6. The van der Waals surface area contributed by atoms with Gasteiger partial charge in [0.1, 0.15) is 12.4 Å². The minimum atomic E-state index is -0.446. The molecule has 0 saturated heterocycles. The maximum atomic E-state index is 11.2. The van der Waals surface area contributed by atoms with Crippen LogP contribution >= 0.6 is 0 Å². The second-order valence-corrected chi connectivity index (χ2v) is 4.02. The van der Waals surface area contributed by atoms with Crippen LogP contribution in [0.15, 0.2) is 24.3 Å². The van der Waals surface area contributed by atoms with E-state index in [9.17, 15) is 4.79 Å². The number of ether oxygens (including phenoxy) is 2. The Hall–Kier alpha value is -1.75. The molecule has 1 aromatic rings. The van der Waals surface area contributed by atoms with Crippen LogP contribution in [-0.2, 0) is 4.74 Å². The molecule has 0 radical (unpaired) electrons. The van der Waals surface area contributed by atoms with E-state index in [1.165, 1.54) is 0 Å². The van der Waals surface area contributed by atoms with Gasteiger partial charge in [-0.1, -0.05) is 0 Å². The van der Waals surface area contributed by atoms with Crippen molar-refractivity contribution in [1.29, 1.82) is 0 Å². The normalized spacial score (nSPS) is 10.2. The summed E-state index contributed by atoms with van der Waals surface area (Å²) in [6.45, 7) is 3.62. The van der Waals surface area contributed by atoms with Crippen LogP contribution in [0.4, 0.5) is 10.5 Å². The van der Waals surface area contributed by atoms with Crippen LogP contribution < -0.4 is 10.1 Å². The Morgan fingerprint density at radius 3 is 2.50 bits per heavy atom. The minimum absolute atomic E-state index is 0.359. The minimum Gasteiger partial charge on any atom is -0.492 e. The fourth-order valence-corrected chi connectivity index (χ4v) is 1.27. The number of hydrogen-bond acceptors (Lipinski definition) is 4. The standard InChI is InChI=1S/C13H20N2O3/c1-4-17-13(16)14-11-5-7-12(8-6-11)18-10-9-15(2)3/h5-8H,4,9-10H2,1-3H3,(H,14,16). The summed E-state index contributed by atoms with van der Waals surface area (Å²) >= 11 is 0. The summed E-state index contributed by atoms with van der Waals surface area (Å²) in [6, 6.07) is 7.19. The third-order valence-electron chi connectivity index (χ3n) is 2.18. The van der Waals surface area contributed by atoms with Gasteiger partial charge in [0, 0.05) is 12.2 Å². The first kappa shape index (κ1) is 14.3. The molecule has 5 nitrogen and oxygen atoms in total. The van der Waals surface area contributed by atoms with Crippen molar-refractivity contribution in [2.75, 3.05) is 39.2 Å². The topological polar surface area (TPSA) is 50.8 Å². The second kappa shape index (κ2) is 7.55. The Morgan fingerprint density at radius 1 is 1.28 bits per heavy atom. The lowest BCUT2D eigenvalue weighted by Crippen LogP contribution is -2.19. The molecule has 1 aromatic carbocycles. The lowest BCUT2D eigenvalue weighted by atomic mass is 10.3. The molecule has 0 fully saturated rings. The van der Waals surface area contributed by atoms with E-state index >= 15 is 0 Å². The molecule has 0 aliphatic heterocycles. The van der Waals surface area contributed by atoms with Gasteiger partial charge in [0.05, 0.1) is 6.61 Å². The largest absolute Gasteiger partial charge is 0.492 e. The van der Waals surface area contributed by atoms with Crippen LogP contribution in [0.25, 0.3) is 0 Å². The third-order valence-corrected chi connectivity index (χ3v) is 2.18. The van der Waals surface area contributed by atoms with E-state index in [4.69, 9.17) is 9.47 Å². The molecule has 1 N–H and O–H groups in total. The number of likely N-dealkylation sites (N-methyl/N-ethyl adjacent to an activating group) is 1. The van der Waals surface area contributed by atoms with Gasteiger partial charge in [-0.25, -0.2) is 4.79 Å². The van der Waals surface area contributed by atoms with Crippen molar-refractivity contribution < 1.29 is 14.3 Å². The predicted octanol–water partition coefficient (Wildman–Crippen LogP) is 2.20. The first-order valence-electron chi connectivity index (χ1n) is 5.93. The Kier molecular flexibility index (Phi) is 6.00. The summed E-state index contributed by atoms with van der Waals surface area (Å²) in [5, 5.41) is 2.62. The van der Waals surface area contributed by atoms with Crippen molar-refractivity contribution in [1.82, 2.24) is 4.90 Å². The van der Waals surface area contributed by atoms with Crippen molar-refractivity contribution in [2.24, 2.45) is 0 Å². The highest BCUT2D eigenvalue weighted by Crippen LogP contribution is 2.15. The van der Waals surface area contributed by atoms with Gasteiger partial charge in [-0.05, 0) is 45.3 Å². The Bertz CT molecular complexity index is 363. The number of nitrogens with one attached hydrogen (secondary N) is 1. The number of benzene rings is 1. The van der Waals surface area contributed by atoms with Gasteiger partial charge in [-0.2, -0.15) is 0 Å². The van der Waals surface area contributed by atoms with Crippen LogP contribution in [0.1, 0.15) is 6.92 Å². The first-order chi connectivity index (χ1) is 8.61. The molecule has 0 saturated carbocycles. The van der Waals surface area contributed by atoms with Gasteiger partial charge in [-0.3, -0.25) is 5.32 Å². The monoisotopic (exact) mass is 252 g/mol. The summed E-state index contributed by atoms with van der Waals surface area (Å²) in [5.41, 5.74) is 0.688. The molecule has 0 spiro atoms. The molecule has 0 bridgehead atoms. The highest BCUT2D eigenvalue weighted by atomic mass is 16.5. The fourth-order valence-electron chi connectivity index (χ4n) is 1.27. The zero-order valence-electron chi connectivity index (χ0n) is 11.1. The molecular formula is C13H20N2O3. The summed E-state index contributed by atoms with van der Waals surface area (Å²) in [4.78, 5) is 13.2. The van der Waals surface area contributed by atoms with Crippen LogP contribution in [0.3, 0.4) is 0 Å². The van der Waals surface area contributed by atoms with Crippen LogP contribution in [0, 0.1) is 0 Å². The van der Waals surface area contributed by atoms with E-state index in [0.29, 0.717) is 18.9 Å². The molecule has 0 atom stereocenters. The molecular weight excluding hydrogens is 232 g/mol. The van der Waals surface area contributed by atoms with Crippen molar-refractivity contribution in [3.63, 3.8) is 0 Å². The van der Waals surface area contributed by atoms with E-state index in [-0.39, 0.29) is 0 Å². The lowest BCUT2D eigenvalue weighted by Gasteiger charge is -2.11. The molecule has 100 valence electrons. The summed E-state index contributed by atoms with van der Waals surface area (Å²) in [5.74, 6) is 0.784. The molecule has 0 unspecified atom stereocenters. The molecule has 5 heteroatoms. The van der Waals surface area contributed by atoms with Gasteiger partial charge < -0.3 is 14.4 Å². The van der Waals surface area contributed by atoms with Gasteiger partial charge in [0.15, 0.2) is 0 Å². The van der Waals surface area contributed by atoms with E-state index in [0.717, 1.165) is 12.3 Å². The van der Waals surface area contributed by atoms with Gasteiger partial charge >= 0.3 is 6.09 Å². The van der Waals surface area contributed by atoms with Gasteiger partial charge in [0.25, 0.3) is 0 Å². The molecule has 1 amide bonds. The molecule has 0 aliphatic carbocycles. The van der Waals surface area contributed by atoms with Crippen molar-refractivity contribution >= 4 is 11.8 Å². The van der Waals surface area contributed by atoms with Gasteiger partial charge in [0.2, 0.25) is 0 Å². The van der Waals surface area contributed by atoms with Crippen LogP contribution in [-0.4, -0.2) is 44.8 Å². The van der Waals surface area contributed by atoms with E-state index in [1.807, 2.05) is 26.2 Å². The average Bonchev–Trinajstić information content (AvgIpc) is 2.31. The molecule has 18 heavy (non-hydrogen) atoms. The number of anilines is 1. The highest BCUT2D eigenvalue weighted by molar-refractivity contribution is 5.84. The second-order valence-electron chi connectivity index (χ2n) is 4.02. The molecule has 0 aromatic heterocycles. The highest BCUT2D eigenvalue weighted by Gasteiger charge is 2.01. The Labute approximate surface area is 108 Å². The number of nitrogens with zero attached hydrogens (tertiary/aromatic N) is 1.